The zero-order valence-electron chi connectivity index (χ0n) is 14.8. The van der Waals surface area contributed by atoms with Crippen LogP contribution in [0.4, 0.5) is 5.69 Å². The molecule has 136 valence electrons. The Morgan fingerprint density at radius 3 is 2.77 bits per heavy atom. The van der Waals surface area contributed by atoms with Gasteiger partial charge in [-0.3, -0.25) is 4.79 Å². The second-order valence-corrected chi connectivity index (χ2v) is 8.54. The smallest absolute Gasteiger partial charge is 0.231 e. The van der Waals surface area contributed by atoms with Gasteiger partial charge in [0.05, 0.1) is 17.7 Å². The highest BCUT2D eigenvalue weighted by Gasteiger charge is 2.20. The van der Waals surface area contributed by atoms with Crippen molar-refractivity contribution < 1.29 is 4.79 Å². The van der Waals surface area contributed by atoms with Gasteiger partial charge in [-0.2, -0.15) is 0 Å². The molecule has 0 fully saturated rings. The molecule has 0 aliphatic rings. The van der Waals surface area contributed by atoms with E-state index >= 15 is 0 Å². The molecule has 0 saturated heterocycles. The molecule has 3 rings (SSSR count). The minimum Gasteiger partial charge on any atom is -0.326 e. The lowest BCUT2D eigenvalue weighted by Crippen LogP contribution is -2.24. The van der Waals surface area contributed by atoms with Gasteiger partial charge in [0.1, 0.15) is 5.01 Å². The number of anilines is 1. The normalized spacial score (nSPS) is 11.5. The van der Waals surface area contributed by atoms with Crippen LogP contribution in [0.3, 0.4) is 0 Å². The van der Waals surface area contributed by atoms with Crippen molar-refractivity contribution in [3.8, 4) is 0 Å². The van der Waals surface area contributed by atoms with Crippen molar-refractivity contribution in [1.82, 2.24) is 25.2 Å². The van der Waals surface area contributed by atoms with Crippen LogP contribution < -0.4 is 5.32 Å². The maximum atomic E-state index is 12.1. The number of nitrogens with zero attached hydrogens (tertiary/aromatic N) is 5. The first-order valence-electron chi connectivity index (χ1n) is 8.11. The lowest BCUT2D eigenvalue weighted by Gasteiger charge is -2.19. The van der Waals surface area contributed by atoms with E-state index in [1.54, 1.807) is 4.68 Å². The first-order chi connectivity index (χ1) is 12.4. The summed E-state index contributed by atoms with van der Waals surface area (Å²) in [6, 6.07) is 9.41. The fraction of sp³-hybridized carbons (Fsp3) is 0.353. The molecule has 0 aliphatic carbocycles. The van der Waals surface area contributed by atoms with E-state index in [1.165, 1.54) is 23.1 Å². The summed E-state index contributed by atoms with van der Waals surface area (Å²) in [6.07, 6.45) is 0.268. The number of carbonyl (C=O) groups is 1. The van der Waals surface area contributed by atoms with Crippen molar-refractivity contribution in [2.45, 2.75) is 43.6 Å². The topological polar surface area (TPSA) is 85.6 Å². The van der Waals surface area contributed by atoms with E-state index in [0.717, 1.165) is 21.5 Å². The van der Waals surface area contributed by atoms with E-state index in [1.807, 2.05) is 35.7 Å². The minimum atomic E-state index is -0.172. The SMILES string of the molecule is CC(C)(C)n1nnnc1SCc1csc(CC(=O)Nc2ccccc2)n1. The number of carbonyl (C=O) groups excluding carboxylic acids is 1. The lowest BCUT2D eigenvalue weighted by molar-refractivity contribution is -0.115. The third-order valence-corrected chi connectivity index (χ3v) is 5.24. The quantitative estimate of drug-likeness (QED) is 0.652. The summed E-state index contributed by atoms with van der Waals surface area (Å²) in [5.74, 6) is 0.592. The number of benzene rings is 1. The van der Waals surface area contributed by atoms with Crippen LogP contribution >= 0.6 is 23.1 Å². The van der Waals surface area contributed by atoms with E-state index in [2.05, 4.69) is 46.6 Å². The van der Waals surface area contributed by atoms with Crippen LogP contribution in [0.25, 0.3) is 0 Å². The van der Waals surface area contributed by atoms with Crippen LogP contribution in [0.5, 0.6) is 0 Å². The Bertz CT molecular complexity index is 869. The predicted octanol–water partition coefficient (Wildman–Crippen LogP) is 3.36. The van der Waals surface area contributed by atoms with Crippen molar-refractivity contribution >= 4 is 34.7 Å². The Morgan fingerprint density at radius 2 is 2.04 bits per heavy atom. The maximum Gasteiger partial charge on any atom is 0.231 e. The summed E-state index contributed by atoms with van der Waals surface area (Å²) < 4.78 is 1.80. The Labute approximate surface area is 160 Å². The van der Waals surface area contributed by atoms with Gasteiger partial charge >= 0.3 is 0 Å². The number of amides is 1. The van der Waals surface area contributed by atoms with E-state index < -0.39 is 0 Å². The largest absolute Gasteiger partial charge is 0.326 e. The summed E-state index contributed by atoms with van der Waals surface area (Å²) in [5, 5.41) is 18.3. The molecule has 1 amide bonds. The first kappa shape index (κ1) is 18.5. The summed E-state index contributed by atoms with van der Waals surface area (Å²) in [5.41, 5.74) is 1.54. The second-order valence-electron chi connectivity index (χ2n) is 6.66. The fourth-order valence-electron chi connectivity index (χ4n) is 2.19. The highest BCUT2D eigenvalue weighted by molar-refractivity contribution is 7.98. The van der Waals surface area contributed by atoms with Gasteiger partial charge in [-0.1, -0.05) is 30.0 Å². The van der Waals surface area contributed by atoms with Crippen molar-refractivity contribution in [2.75, 3.05) is 5.32 Å². The van der Waals surface area contributed by atoms with Gasteiger partial charge in [0, 0.05) is 16.8 Å². The molecule has 0 atom stereocenters. The predicted molar refractivity (Wildman–Crippen MR) is 103 cm³/mol. The molecular weight excluding hydrogens is 368 g/mol. The van der Waals surface area contributed by atoms with Gasteiger partial charge in [0.15, 0.2) is 0 Å². The van der Waals surface area contributed by atoms with E-state index in [9.17, 15) is 4.79 Å². The molecule has 3 aromatic rings. The number of aromatic nitrogens is 5. The molecule has 0 unspecified atom stereocenters. The maximum absolute atomic E-state index is 12.1. The molecule has 1 aromatic carbocycles. The standard InChI is InChI=1S/C17H20N6OS2/c1-17(2,3)23-16(20-21-22-23)26-11-13-10-25-15(19-13)9-14(24)18-12-7-5-4-6-8-12/h4-8,10H,9,11H2,1-3H3,(H,18,24). The van der Waals surface area contributed by atoms with Crippen LogP contribution in [0, 0.1) is 0 Å². The third kappa shape index (κ3) is 4.89. The third-order valence-electron chi connectivity index (χ3n) is 3.39. The molecule has 0 aliphatic heterocycles. The average Bonchev–Trinajstić information content (AvgIpc) is 3.22. The van der Waals surface area contributed by atoms with Gasteiger partial charge in [-0.05, 0) is 43.3 Å². The number of para-hydroxylation sites is 1. The summed E-state index contributed by atoms with van der Waals surface area (Å²) >= 11 is 3.03. The van der Waals surface area contributed by atoms with Gasteiger partial charge in [-0.25, -0.2) is 9.67 Å². The molecule has 7 nitrogen and oxygen atoms in total. The van der Waals surface area contributed by atoms with Crippen LogP contribution in [0.15, 0.2) is 40.9 Å². The molecule has 2 heterocycles. The van der Waals surface area contributed by atoms with Crippen LogP contribution in [0.1, 0.15) is 31.5 Å². The van der Waals surface area contributed by atoms with Crippen LogP contribution in [0.2, 0.25) is 0 Å². The zero-order valence-corrected chi connectivity index (χ0v) is 16.5. The molecule has 0 radical (unpaired) electrons. The summed E-state index contributed by atoms with van der Waals surface area (Å²) in [4.78, 5) is 16.7. The Balaban J connectivity index is 1.55. The number of tetrazole rings is 1. The molecular formula is C17H20N6OS2. The Kier molecular flexibility index (Phi) is 5.67. The molecule has 9 heteroatoms. The number of nitrogens with one attached hydrogen (secondary N) is 1. The van der Waals surface area contributed by atoms with Crippen molar-refractivity contribution in [3.05, 3.63) is 46.4 Å². The van der Waals surface area contributed by atoms with Crippen molar-refractivity contribution in [2.24, 2.45) is 0 Å². The van der Waals surface area contributed by atoms with Gasteiger partial charge in [0.2, 0.25) is 11.1 Å². The Morgan fingerprint density at radius 1 is 1.27 bits per heavy atom. The lowest BCUT2D eigenvalue weighted by atomic mass is 10.1. The van der Waals surface area contributed by atoms with E-state index in [0.29, 0.717) is 5.75 Å². The summed E-state index contributed by atoms with van der Waals surface area (Å²) in [7, 11) is 0. The Hall–Kier alpha value is -2.26. The fourth-order valence-corrected chi connectivity index (χ4v) is 4.04. The number of thiazole rings is 1. The first-order valence-corrected chi connectivity index (χ1v) is 9.98. The molecule has 0 spiro atoms. The number of hydrogen-bond acceptors (Lipinski definition) is 7. The van der Waals surface area contributed by atoms with Crippen molar-refractivity contribution in [1.29, 1.82) is 0 Å². The minimum absolute atomic E-state index is 0.0681. The van der Waals surface area contributed by atoms with E-state index in [-0.39, 0.29) is 17.9 Å². The van der Waals surface area contributed by atoms with Gasteiger partial charge in [-0.15, -0.1) is 16.4 Å². The average molecular weight is 389 g/mol. The van der Waals surface area contributed by atoms with E-state index in [4.69, 9.17) is 0 Å². The molecule has 0 bridgehead atoms. The highest BCUT2D eigenvalue weighted by atomic mass is 32.2. The van der Waals surface area contributed by atoms with Crippen LogP contribution in [-0.2, 0) is 22.5 Å². The number of thioether (sulfide) groups is 1. The summed E-state index contributed by atoms with van der Waals surface area (Å²) in [6.45, 7) is 6.17. The molecule has 1 N–H and O–H groups in total. The monoisotopic (exact) mass is 388 g/mol. The number of rotatable bonds is 6. The van der Waals surface area contributed by atoms with Gasteiger partial charge in [0.25, 0.3) is 0 Å². The molecule has 2 aromatic heterocycles. The van der Waals surface area contributed by atoms with Crippen molar-refractivity contribution in [3.63, 3.8) is 0 Å². The van der Waals surface area contributed by atoms with Crippen LogP contribution in [-0.4, -0.2) is 31.1 Å². The van der Waals surface area contributed by atoms with Gasteiger partial charge < -0.3 is 5.32 Å². The highest BCUT2D eigenvalue weighted by Crippen LogP contribution is 2.25. The second kappa shape index (κ2) is 7.96. The molecule has 0 saturated carbocycles. The molecule has 26 heavy (non-hydrogen) atoms. The number of hydrogen-bond donors (Lipinski definition) is 1. The zero-order chi connectivity index (χ0) is 18.6.